The molecule has 6 heteroatoms. The molecule has 0 radical (unpaired) electrons. The predicted molar refractivity (Wildman–Crippen MR) is 62.1 cm³/mol. The lowest BCUT2D eigenvalue weighted by Crippen LogP contribution is -2.27. The summed E-state index contributed by atoms with van der Waals surface area (Å²) in [5.74, 6) is 0.688. The van der Waals surface area contributed by atoms with E-state index in [0.29, 0.717) is 5.75 Å². The third-order valence-electron chi connectivity index (χ3n) is 1.80. The van der Waals surface area contributed by atoms with E-state index in [1.165, 1.54) is 7.11 Å². The Labute approximate surface area is 98.9 Å². The van der Waals surface area contributed by atoms with E-state index >= 15 is 0 Å². The molecule has 2 N–H and O–H groups in total. The van der Waals surface area contributed by atoms with Crippen molar-refractivity contribution in [2.24, 2.45) is 0 Å². The van der Waals surface area contributed by atoms with Gasteiger partial charge in [-0.05, 0) is 29.9 Å². The molecule has 0 saturated carbocycles. The standard InChI is InChI=1S/C10H13NO4S/c1-13-10(16)11-7-14-9-4-2-8(3-5-9)6-15-12/h2-5,12H,6-7H2,1H3,(H,11,16). The lowest BCUT2D eigenvalue weighted by molar-refractivity contribution is -0.253. The predicted octanol–water partition coefficient (Wildman–Crippen LogP) is 1.53. The number of benzene rings is 1. The van der Waals surface area contributed by atoms with Gasteiger partial charge in [-0.2, -0.15) is 0 Å². The van der Waals surface area contributed by atoms with E-state index < -0.39 is 0 Å². The first-order valence-corrected chi connectivity index (χ1v) is 4.97. The summed E-state index contributed by atoms with van der Waals surface area (Å²) in [7, 11) is 1.49. The highest BCUT2D eigenvalue weighted by Gasteiger charge is 1.96. The van der Waals surface area contributed by atoms with Crippen LogP contribution in [0.3, 0.4) is 0 Å². The second kappa shape index (κ2) is 7.00. The molecule has 1 aromatic rings. The minimum Gasteiger partial charge on any atom is -0.474 e. The maximum atomic E-state index is 8.25. The van der Waals surface area contributed by atoms with Gasteiger partial charge in [0.15, 0.2) is 6.73 Å². The van der Waals surface area contributed by atoms with Gasteiger partial charge < -0.3 is 14.8 Å². The fourth-order valence-electron chi connectivity index (χ4n) is 1.01. The fourth-order valence-corrected chi connectivity index (χ4v) is 1.07. The van der Waals surface area contributed by atoms with E-state index in [1.54, 1.807) is 24.3 Å². The molecule has 0 saturated heterocycles. The van der Waals surface area contributed by atoms with Crippen LogP contribution in [0.15, 0.2) is 24.3 Å². The lowest BCUT2D eigenvalue weighted by atomic mass is 10.2. The van der Waals surface area contributed by atoms with Gasteiger partial charge in [-0.15, -0.1) is 0 Å². The van der Waals surface area contributed by atoms with Crippen molar-refractivity contribution in [2.45, 2.75) is 6.61 Å². The highest BCUT2D eigenvalue weighted by atomic mass is 32.1. The Morgan fingerprint density at radius 2 is 2.06 bits per heavy atom. The molecule has 0 fully saturated rings. The Bertz CT molecular complexity index is 328. The van der Waals surface area contributed by atoms with Crippen LogP contribution in [0.4, 0.5) is 0 Å². The molecule has 0 atom stereocenters. The smallest absolute Gasteiger partial charge is 0.258 e. The van der Waals surface area contributed by atoms with Gasteiger partial charge in [0.2, 0.25) is 0 Å². The molecule has 0 spiro atoms. The summed E-state index contributed by atoms with van der Waals surface area (Å²) in [5, 5.41) is 11.3. The van der Waals surface area contributed by atoms with Gasteiger partial charge in [0, 0.05) is 0 Å². The van der Waals surface area contributed by atoms with Crippen molar-refractivity contribution in [3.63, 3.8) is 0 Å². The highest BCUT2D eigenvalue weighted by Crippen LogP contribution is 2.12. The van der Waals surface area contributed by atoms with Crippen LogP contribution >= 0.6 is 12.2 Å². The SMILES string of the molecule is COC(=S)NCOc1ccc(COO)cc1. The van der Waals surface area contributed by atoms with Gasteiger partial charge >= 0.3 is 0 Å². The zero-order chi connectivity index (χ0) is 11.8. The maximum absolute atomic E-state index is 8.25. The number of hydrogen-bond donors (Lipinski definition) is 2. The molecule has 0 aliphatic rings. The average Bonchev–Trinajstić information content (AvgIpc) is 2.31. The van der Waals surface area contributed by atoms with Crippen molar-refractivity contribution in [1.29, 1.82) is 0 Å². The number of thiocarbonyl (C=S) groups is 1. The fraction of sp³-hybridized carbons (Fsp3) is 0.300. The Morgan fingerprint density at radius 1 is 1.38 bits per heavy atom. The van der Waals surface area contributed by atoms with Crippen LogP contribution in [0.25, 0.3) is 0 Å². The Morgan fingerprint density at radius 3 is 2.62 bits per heavy atom. The number of ether oxygens (including phenoxy) is 2. The average molecular weight is 243 g/mol. The van der Waals surface area contributed by atoms with Crippen molar-refractivity contribution in [1.82, 2.24) is 5.32 Å². The minimum atomic E-state index is 0.159. The van der Waals surface area contributed by atoms with Gasteiger partial charge in [0.05, 0.1) is 7.11 Å². The van der Waals surface area contributed by atoms with Gasteiger partial charge in [0.1, 0.15) is 12.4 Å². The molecule has 16 heavy (non-hydrogen) atoms. The van der Waals surface area contributed by atoms with E-state index in [1.807, 2.05) is 0 Å². The molecule has 88 valence electrons. The summed E-state index contributed by atoms with van der Waals surface area (Å²) in [5.41, 5.74) is 0.857. The number of nitrogens with one attached hydrogen (secondary N) is 1. The lowest BCUT2D eigenvalue weighted by Gasteiger charge is -2.08. The van der Waals surface area contributed by atoms with Gasteiger partial charge in [-0.25, -0.2) is 4.89 Å². The molecule has 1 aromatic carbocycles. The first kappa shape index (κ1) is 12.7. The molecule has 0 aliphatic heterocycles. The van der Waals surface area contributed by atoms with Crippen LogP contribution < -0.4 is 10.1 Å². The van der Waals surface area contributed by atoms with Gasteiger partial charge in [-0.3, -0.25) is 5.26 Å². The molecular weight excluding hydrogens is 230 g/mol. The summed E-state index contributed by atoms with van der Waals surface area (Å²) in [6.45, 7) is 0.398. The Balaban J connectivity index is 2.34. The van der Waals surface area contributed by atoms with E-state index in [4.69, 9.17) is 26.9 Å². The van der Waals surface area contributed by atoms with Crippen LogP contribution in [-0.2, 0) is 16.2 Å². The summed E-state index contributed by atoms with van der Waals surface area (Å²) in [6, 6.07) is 7.12. The molecule has 0 bridgehead atoms. The van der Waals surface area contributed by atoms with Crippen molar-refractivity contribution >= 4 is 17.4 Å². The first-order chi connectivity index (χ1) is 7.76. The van der Waals surface area contributed by atoms with Crippen LogP contribution in [-0.4, -0.2) is 24.3 Å². The summed E-state index contributed by atoms with van der Waals surface area (Å²) < 4.78 is 10.1. The summed E-state index contributed by atoms with van der Waals surface area (Å²) in [4.78, 5) is 4.01. The number of methoxy groups -OCH3 is 1. The normalized spacial score (nSPS) is 9.62. The topological polar surface area (TPSA) is 60.0 Å². The second-order valence-corrected chi connectivity index (χ2v) is 3.25. The van der Waals surface area contributed by atoms with Crippen LogP contribution in [0, 0.1) is 0 Å². The van der Waals surface area contributed by atoms with E-state index in [0.717, 1.165) is 5.56 Å². The molecule has 1 rings (SSSR count). The maximum Gasteiger partial charge on any atom is 0.258 e. The Hall–Kier alpha value is -1.37. The molecule has 0 amide bonds. The first-order valence-electron chi connectivity index (χ1n) is 4.56. The monoisotopic (exact) mass is 243 g/mol. The molecule has 0 unspecified atom stereocenters. The minimum absolute atomic E-state index is 0.159. The summed E-state index contributed by atoms with van der Waals surface area (Å²) >= 11 is 4.77. The molecule has 5 nitrogen and oxygen atoms in total. The third kappa shape index (κ3) is 4.43. The van der Waals surface area contributed by atoms with Crippen LogP contribution in [0.5, 0.6) is 5.75 Å². The zero-order valence-corrected chi connectivity index (χ0v) is 9.62. The molecule has 0 aromatic heterocycles. The highest BCUT2D eigenvalue weighted by molar-refractivity contribution is 7.80. The Kier molecular flexibility index (Phi) is 5.55. The quantitative estimate of drug-likeness (QED) is 0.354. The summed E-state index contributed by atoms with van der Waals surface area (Å²) in [6.07, 6.45) is 0. The van der Waals surface area contributed by atoms with Gasteiger partial charge in [0.25, 0.3) is 5.17 Å². The number of hydrogen-bond acceptors (Lipinski definition) is 5. The van der Waals surface area contributed by atoms with Crippen molar-refractivity contribution in [2.75, 3.05) is 13.8 Å². The zero-order valence-electron chi connectivity index (χ0n) is 8.80. The van der Waals surface area contributed by atoms with Crippen molar-refractivity contribution < 1.29 is 19.6 Å². The number of rotatable bonds is 5. The van der Waals surface area contributed by atoms with Crippen LogP contribution in [0.2, 0.25) is 0 Å². The van der Waals surface area contributed by atoms with E-state index in [-0.39, 0.29) is 18.5 Å². The van der Waals surface area contributed by atoms with Gasteiger partial charge in [-0.1, -0.05) is 12.1 Å². The molecular formula is C10H13NO4S. The largest absolute Gasteiger partial charge is 0.474 e. The van der Waals surface area contributed by atoms with E-state index in [2.05, 4.69) is 10.2 Å². The third-order valence-corrected chi connectivity index (χ3v) is 2.11. The van der Waals surface area contributed by atoms with Crippen LogP contribution in [0.1, 0.15) is 5.56 Å². The van der Waals surface area contributed by atoms with E-state index in [9.17, 15) is 0 Å². The van der Waals surface area contributed by atoms with Crippen molar-refractivity contribution in [3.05, 3.63) is 29.8 Å². The molecule has 0 aliphatic carbocycles. The second-order valence-electron chi connectivity index (χ2n) is 2.87. The van der Waals surface area contributed by atoms with Crippen molar-refractivity contribution in [3.8, 4) is 5.75 Å². The molecule has 0 heterocycles.